The summed E-state index contributed by atoms with van der Waals surface area (Å²) in [7, 11) is 0. The highest BCUT2D eigenvalue weighted by Crippen LogP contribution is 2.30. The monoisotopic (exact) mass is 497 g/mol. The van der Waals surface area contributed by atoms with E-state index in [0.29, 0.717) is 18.8 Å². The second kappa shape index (κ2) is 10.3. The molecule has 0 saturated carbocycles. The van der Waals surface area contributed by atoms with Crippen LogP contribution in [-0.2, 0) is 10.2 Å². The molecule has 2 aliphatic rings. The lowest BCUT2D eigenvalue weighted by molar-refractivity contribution is 0.122. The van der Waals surface area contributed by atoms with Crippen LogP contribution in [0.2, 0.25) is 0 Å². The highest BCUT2D eigenvalue weighted by molar-refractivity contribution is 5.66. The molecule has 8 nitrogen and oxygen atoms in total. The van der Waals surface area contributed by atoms with Crippen LogP contribution < -0.4 is 14.7 Å². The Morgan fingerprint density at radius 1 is 0.973 bits per heavy atom. The lowest BCUT2D eigenvalue weighted by atomic mass is 9.86. The number of aromatic nitrogens is 3. The summed E-state index contributed by atoms with van der Waals surface area (Å²) < 4.78 is 5.58. The number of ether oxygens (including phenoxy) is 1. The van der Waals surface area contributed by atoms with Gasteiger partial charge < -0.3 is 19.4 Å². The molecule has 0 aliphatic carbocycles. The number of rotatable bonds is 4. The fourth-order valence-electron chi connectivity index (χ4n) is 4.99. The Kier molecular flexibility index (Phi) is 6.98. The van der Waals surface area contributed by atoms with Crippen LogP contribution in [0, 0.1) is 11.3 Å². The van der Waals surface area contributed by atoms with Crippen molar-refractivity contribution in [3.8, 4) is 17.3 Å². The van der Waals surface area contributed by atoms with E-state index < -0.39 is 0 Å². The summed E-state index contributed by atoms with van der Waals surface area (Å²) in [5.41, 5.74) is 4.03. The minimum atomic E-state index is 0.0997. The van der Waals surface area contributed by atoms with Crippen LogP contribution >= 0.6 is 0 Å². The predicted molar refractivity (Wildman–Crippen MR) is 147 cm³/mol. The molecule has 192 valence electrons. The number of hydrogen-bond acceptors (Lipinski definition) is 8. The van der Waals surface area contributed by atoms with Crippen LogP contribution in [0.5, 0.6) is 0 Å². The molecule has 1 atom stereocenters. The predicted octanol–water partition coefficient (Wildman–Crippen LogP) is 4.26. The molecule has 2 aliphatic heterocycles. The summed E-state index contributed by atoms with van der Waals surface area (Å²) in [6, 6.07) is 17.0. The first-order valence-corrected chi connectivity index (χ1v) is 13.0. The van der Waals surface area contributed by atoms with E-state index in [9.17, 15) is 5.26 Å². The average Bonchev–Trinajstić information content (AvgIpc) is 2.93. The third-order valence-electron chi connectivity index (χ3n) is 7.17. The molecule has 3 aromatic rings. The number of pyridine rings is 1. The summed E-state index contributed by atoms with van der Waals surface area (Å²) >= 11 is 0. The third-order valence-corrected chi connectivity index (χ3v) is 7.17. The Bertz CT molecular complexity index is 1270. The van der Waals surface area contributed by atoms with Crippen molar-refractivity contribution in [1.29, 1.82) is 5.26 Å². The molecule has 0 unspecified atom stereocenters. The molecule has 0 amide bonds. The van der Waals surface area contributed by atoms with Crippen LogP contribution in [0.4, 0.5) is 17.6 Å². The van der Waals surface area contributed by atoms with Crippen LogP contribution in [0.25, 0.3) is 11.3 Å². The van der Waals surface area contributed by atoms with E-state index in [1.54, 1.807) is 6.20 Å². The van der Waals surface area contributed by atoms with E-state index in [1.165, 1.54) is 5.56 Å². The SMILES string of the molecule is C[C@@H]1CN(c2ncccc2C#N)CCN1c1cc(-c2ccc(C(C)(C)C)cc2)nc(N2CCOCC2)n1. The largest absolute Gasteiger partial charge is 0.378 e. The van der Waals surface area contributed by atoms with Crippen LogP contribution in [-0.4, -0.2) is 66.9 Å². The van der Waals surface area contributed by atoms with Gasteiger partial charge in [0.1, 0.15) is 17.7 Å². The van der Waals surface area contributed by atoms with Gasteiger partial charge in [-0.3, -0.25) is 0 Å². The molecule has 2 aromatic heterocycles. The highest BCUT2D eigenvalue weighted by Gasteiger charge is 2.28. The van der Waals surface area contributed by atoms with Gasteiger partial charge in [0.15, 0.2) is 0 Å². The zero-order valence-electron chi connectivity index (χ0n) is 22.2. The molecule has 0 bridgehead atoms. The fourth-order valence-corrected chi connectivity index (χ4v) is 4.99. The summed E-state index contributed by atoms with van der Waals surface area (Å²) in [6.45, 7) is 14.1. The van der Waals surface area contributed by atoms with E-state index in [-0.39, 0.29) is 11.5 Å². The smallest absolute Gasteiger partial charge is 0.228 e. The Labute approximate surface area is 219 Å². The number of morpholine rings is 1. The molecule has 2 fully saturated rings. The Morgan fingerprint density at radius 3 is 2.41 bits per heavy atom. The summed E-state index contributed by atoms with van der Waals surface area (Å²) in [5, 5.41) is 9.54. The van der Waals surface area contributed by atoms with Crippen molar-refractivity contribution in [3.63, 3.8) is 0 Å². The van der Waals surface area contributed by atoms with E-state index >= 15 is 0 Å². The zero-order chi connectivity index (χ0) is 26.0. The molecule has 0 spiro atoms. The number of nitriles is 1. The molecule has 0 radical (unpaired) electrons. The van der Waals surface area contributed by atoms with Crippen molar-refractivity contribution < 1.29 is 4.74 Å². The van der Waals surface area contributed by atoms with Crippen molar-refractivity contribution in [2.24, 2.45) is 0 Å². The Balaban J connectivity index is 1.46. The van der Waals surface area contributed by atoms with Crippen molar-refractivity contribution >= 4 is 17.6 Å². The second-order valence-electron chi connectivity index (χ2n) is 10.8. The standard InChI is InChI=1S/C29H35N7O/c1-21-20-35(27-23(19-30)6-5-11-31-27)12-13-36(21)26-18-25(22-7-9-24(10-8-22)29(2,3)4)32-28(33-26)34-14-16-37-17-15-34/h5-11,18,21H,12-17,20H2,1-4H3/t21-/m1/s1. The first-order chi connectivity index (χ1) is 17.8. The van der Waals surface area contributed by atoms with Gasteiger partial charge in [0.25, 0.3) is 0 Å². The highest BCUT2D eigenvalue weighted by atomic mass is 16.5. The van der Waals surface area contributed by atoms with Gasteiger partial charge in [0, 0.05) is 56.6 Å². The number of benzene rings is 1. The molecule has 0 N–H and O–H groups in total. The molecular formula is C29H35N7O. The third kappa shape index (κ3) is 5.37. The molecule has 1 aromatic carbocycles. The zero-order valence-corrected chi connectivity index (χ0v) is 22.2. The van der Waals surface area contributed by atoms with Crippen molar-refractivity contribution in [2.75, 3.05) is 60.6 Å². The minimum Gasteiger partial charge on any atom is -0.378 e. The van der Waals surface area contributed by atoms with Crippen LogP contribution in [0.3, 0.4) is 0 Å². The maximum atomic E-state index is 9.54. The maximum absolute atomic E-state index is 9.54. The normalized spacial score (nSPS) is 18.6. The Hall–Kier alpha value is -3.70. The molecular weight excluding hydrogens is 462 g/mol. The minimum absolute atomic E-state index is 0.0997. The van der Waals surface area contributed by atoms with Crippen molar-refractivity contribution in [2.45, 2.75) is 39.2 Å². The van der Waals surface area contributed by atoms with Gasteiger partial charge >= 0.3 is 0 Å². The van der Waals surface area contributed by atoms with E-state index in [4.69, 9.17) is 14.7 Å². The van der Waals surface area contributed by atoms with Crippen LogP contribution in [0.1, 0.15) is 38.8 Å². The first-order valence-electron chi connectivity index (χ1n) is 13.0. The van der Waals surface area contributed by atoms with Gasteiger partial charge in [-0.15, -0.1) is 0 Å². The quantitative estimate of drug-likeness (QED) is 0.529. The van der Waals surface area contributed by atoms with Crippen molar-refractivity contribution in [1.82, 2.24) is 15.0 Å². The summed E-state index contributed by atoms with van der Waals surface area (Å²) in [6.07, 6.45) is 1.75. The van der Waals surface area contributed by atoms with Crippen LogP contribution in [0.15, 0.2) is 48.7 Å². The summed E-state index contributed by atoms with van der Waals surface area (Å²) in [4.78, 5) is 21.3. The van der Waals surface area contributed by atoms with Gasteiger partial charge in [-0.2, -0.15) is 10.2 Å². The number of anilines is 3. The van der Waals surface area contributed by atoms with Gasteiger partial charge in [0.05, 0.1) is 24.5 Å². The first kappa shape index (κ1) is 25.0. The topological polar surface area (TPSA) is 81.4 Å². The molecule has 4 heterocycles. The van der Waals surface area contributed by atoms with Gasteiger partial charge in [0.2, 0.25) is 5.95 Å². The molecule has 2 saturated heterocycles. The molecule has 5 rings (SSSR count). The lowest BCUT2D eigenvalue weighted by Crippen LogP contribution is -2.53. The number of hydrogen-bond donors (Lipinski definition) is 0. The molecule has 37 heavy (non-hydrogen) atoms. The van der Waals surface area contributed by atoms with Gasteiger partial charge in [-0.1, -0.05) is 45.0 Å². The Morgan fingerprint density at radius 2 is 1.73 bits per heavy atom. The van der Waals surface area contributed by atoms with E-state index in [0.717, 1.165) is 61.6 Å². The van der Waals surface area contributed by atoms with E-state index in [2.05, 4.69) is 83.8 Å². The van der Waals surface area contributed by atoms with Gasteiger partial charge in [-0.05, 0) is 30.0 Å². The van der Waals surface area contributed by atoms with E-state index in [1.807, 2.05) is 12.1 Å². The average molecular weight is 498 g/mol. The fraction of sp³-hybridized carbons (Fsp3) is 0.448. The maximum Gasteiger partial charge on any atom is 0.228 e. The number of piperazine rings is 1. The van der Waals surface area contributed by atoms with Gasteiger partial charge in [-0.25, -0.2) is 9.97 Å². The molecule has 8 heteroatoms. The van der Waals surface area contributed by atoms with Crippen molar-refractivity contribution in [3.05, 3.63) is 59.8 Å². The second-order valence-corrected chi connectivity index (χ2v) is 10.8. The summed E-state index contributed by atoms with van der Waals surface area (Å²) in [5.74, 6) is 2.44. The lowest BCUT2D eigenvalue weighted by Gasteiger charge is -2.41. The number of nitrogens with zero attached hydrogens (tertiary/aromatic N) is 7.